The van der Waals surface area contributed by atoms with Gasteiger partial charge in [0, 0.05) is 5.54 Å². The summed E-state index contributed by atoms with van der Waals surface area (Å²) >= 11 is 0. The van der Waals surface area contributed by atoms with Crippen molar-refractivity contribution in [2.24, 2.45) is 5.41 Å². The van der Waals surface area contributed by atoms with Gasteiger partial charge in [-0.15, -0.1) is 0 Å². The monoisotopic (exact) mass is 278 g/mol. The molecule has 1 rings (SSSR count). The second-order valence-corrected chi connectivity index (χ2v) is 6.90. The molecule has 0 radical (unpaired) electrons. The molecule has 2 N–H and O–H groups in total. The first-order valence-corrected chi connectivity index (χ1v) is 6.85. The second-order valence-electron chi connectivity index (χ2n) is 6.90. The summed E-state index contributed by atoms with van der Waals surface area (Å²) in [7, 11) is 1.59. The first-order valence-electron chi connectivity index (χ1n) is 6.85. The largest absolute Gasteiger partial charge is 0.495 e. The van der Waals surface area contributed by atoms with E-state index in [1.54, 1.807) is 7.11 Å². The van der Waals surface area contributed by atoms with Gasteiger partial charge in [0.05, 0.1) is 12.8 Å². The van der Waals surface area contributed by atoms with Crippen LogP contribution >= 0.6 is 0 Å². The third-order valence-corrected chi connectivity index (χ3v) is 2.78. The maximum Gasteiger partial charge on any atom is 0.319 e. The number of ether oxygens (including phenoxy) is 1. The van der Waals surface area contributed by atoms with Crippen LogP contribution in [-0.4, -0.2) is 18.7 Å². The van der Waals surface area contributed by atoms with Gasteiger partial charge >= 0.3 is 6.03 Å². The molecule has 4 nitrogen and oxygen atoms in total. The van der Waals surface area contributed by atoms with Crippen molar-refractivity contribution in [1.82, 2.24) is 5.32 Å². The van der Waals surface area contributed by atoms with Crippen molar-refractivity contribution in [3.8, 4) is 5.75 Å². The van der Waals surface area contributed by atoms with E-state index in [1.165, 1.54) is 0 Å². The van der Waals surface area contributed by atoms with Gasteiger partial charge < -0.3 is 15.4 Å². The molecule has 0 aliphatic rings. The van der Waals surface area contributed by atoms with E-state index in [9.17, 15) is 4.79 Å². The Balaban J connectivity index is 2.68. The molecule has 112 valence electrons. The van der Waals surface area contributed by atoms with Crippen molar-refractivity contribution in [2.75, 3.05) is 12.4 Å². The highest BCUT2D eigenvalue weighted by Crippen LogP contribution is 2.27. The van der Waals surface area contributed by atoms with Crippen molar-refractivity contribution in [3.05, 3.63) is 24.3 Å². The molecule has 0 aromatic heterocycles. The standard InChI is InChI=1S/C16H26N2O2/c1-15(2,3)11-16(4,5)18-14(19)17-12-9-7-8-10-13(12)20-6/h7-10H,11H2,1-6H3,(H2,17,18,19). The highest BCUT2D eigenvalue weighted by molar-refractivity contribution is 5.91. The summed E-state index contributed by atoms with van der Waals surface area (Å²) in [5.41, 5.74) is 0.546. The Hall–Kier alpha value is -1.71. The molecular formula is C16H26N2O2. The number of rotatable bonds is 4. The van der Waals surface area contributed by atoms with Gasteiger partial charge in [-0.1, -0.05) is 32.9 Å². The highest BCUT2D eigenvalue weighted by atomic mass is 16.5. The van der Waals surface area contributed by atoms with Crippen LogP contribution in [-0.2, 0) is 0 Å². The molecule has 0 unspecified atom stereocenters. The number of nitrogens with one attached hydrogen (secondary N) is 2. The molecule has 0 bridgehead atoms. The lowest BCUT2D eigenvalue weighted by atomic mass is 9.82. The zero-order valence-electron chi connectivity index (χ0n) is 13.3. The maximum absolute atomic E-state index is 12.1. The van der Waals surface area contributed by atoms with Crippen LogP contribution in [0, 0.1) is 5.41 Å². The number of anilines is 1. The summed E-state index contributed by atoms with van der Waals surface area (Å²) < 4.78 is 5.21. The molecule has 1 aromatic carbocycles. The molecule has 0 saturated heterocycles. The molecule has 0 aliphatic carbocycles. The quantitative estimate of drug-likeness (QED) is 0.873. The van der Waals surface area contributed by atoms with Gasteiger partial charge in [-0.05, 0) is 37.8 Å². The minimum absolute atomic E-state index is 0.154. The first kappa shape index (κ1) is 16.3. The molecule has 0 atom stereocenters. The van der Waals surface area contributed by atoms with Gasteiger partial charge in [-0.3, -0.25) is 0 Å². The fourth-order valence-electron chi connectivity index (χ4n) is 2.58. The van der Waals surface area contributed by atoms with Gasteiger partial charge in [-0.2, -0.15) is 0 Å². The molecule has 20 heavy (non-hydrogen) atoms. The molecular weight excluding hydrogens is 252 g/mol. The zero-order valence-corrected chi connectivity index (χ0v) is 13.3. The fourth-order valence-corrected chi connectivity index (χ4v) is 2.58. The summed E-state index contributed by atoms with van der Waals surface area (Å²) in [5.74, 6) is 0.649. The van der Waals surface area contributed by atoms with Gasteiger partial charge in [0.25, 0.3) is 0 Å². The Bertz CT molecular complexity index is 462. The van der Waals surface area contributed by atoms with E-state index < -0.39 is 0 Å². The molecule has 0 fully saturated rings. The number of carbonyl (C=O) groups excluding carboxylic acids is 1. The molecule has 0 heterocycles. The van der Waals surface area contributed by atoms with Gasteiger partial charge in [0.15, 0.2) is 0 Å². The average molecular weight is 278 g/mol. The van der Waals surface area contributed by atoms with Gasteiger partial charge in [0.2, 0.25) is 0 Å². The Morgan fingerprint density at radius 1 is 1.15 bits per heavy atom. The van der Waals surface area contributed by atoms with Crippen molar-refractivity contribution in [1.29, 1.82) is 0 Å². The predicted octanol–water partition coefficient (Wildman–Crippen LogP) is 4.03. The fraction of sp³-hybridized carbons (Fsp3) is 0.562. The third kappa shape index (κ3) is 5.51. The van der Waals surface area contributed by atoms with E-state index in [-0.39, 0.29) is 17.0 Å². The van der Waals surface area contributed by atoms with Gasteiger partial charge in [0.1, 0.15) is 5.75 Å². The van der Waals surface area contributed by atoms with Crippen LogP contribution in [0.2, 0.25) is 0 Å². The number of benzene rings is 1. The molecule has 1 aromatic rings. The number of carbonyl (C=O) groups is 1. The number of hydrogen-bond acceptors (Lipinski definition) is 2. The van der Waals surface area contributed by atoms with Crippen LogP contribution in [0.3, 0.4) is 0 Å². The highest BCUT2D eigenvalue weighted by Gasteiger charge is 2.27. The molecule has 0 spiro atoms. The summed E-state index contributed by atoms with van der Waals surface area (Å²) in [5, 5.41) is 5.84. The number of hydrogen-bond donors (Lipinski definition) is 2. The topological polar surface area (TPSA) is 50.4 Å². The van der Waals surface area contributed by atoms with Crippen LogP contribution in [0.1, 0.15) is 41.0 Å². The smallest absolute Gasteiger partial charge is 0.319 e. The van der Waals surface area contributed by atoms with Crippen LogP contribution in [0.4, 0.5) is 10.5 Å². The number of para-hydroxylation sites is 2. The Labute approximate surface area is 121 Å². The minimum Gasteiger partial charge on any atom is -0.495 e. The number of urea groups is 1. The maximum atomic E-state index is 12.1. The Morgan fingerprint density at radius 3 is 2.30 bits per heavy atom. The molecule has 4 heteroatoms. The lowest BCUT2D eigenvalue weighted by Gasteiger charge is -2.33. The summed E-state index contributed by atoms with van der Waals surface area (Å²) in [6.45, 7) is 10.5. The van der Waals surface area contributed by atoms with E-state index in [2.05, 4.69) is 31.4 Å². The van der Waals surface area contributed by atoms with Crippen LogP contribution in [0.15, 0.2) is 24.3 Å². The van der Waals surface area contributed by atoms with E-state index in [0.29, 0.717) is 11.4 Å². The van der Waals surface area contributed by atoms with E-state index >= 15 is 0 Å². The predicted molar refractivity (Wildman–Crippen MR) is 83.3 cm³/mol. The van der Waals surface area contributed by atoms with Gasteiger partial charge in [-0.25, -0.2) is 4.79 Å². The SMILES string of the molecule is COc1ccccc1NC(=O)NC(C)(C)CC(C)(C)C. The van der Waals surface area contributed by atoms with Crippen molar-refractivity contribution in [2.45, 2.75) is 46.6 Å². The van der Waals surface area contributed by atoms with Crippen molar-refractivity contribution in [3.63, 3.8) is 0 Å². The molecule has 0 saturated carbocycles. The lowest BCUT2D eigenvalue weighted by Crippen LogP contribution is -2.47. The second kappa shape index (κ2) is 6.16. The van der Waals surface area contributed by atoms with E-state index in [0.717, 1.165) is 6.42 Å². The number of methoxy groups -OCH3 is 1. The summed E-state index contributed by atoms with van der Waals surface area (Å²) in [4.78, 5) is 12.1. The lowest BCUT2D eigenvalue weighted by molar-refractivity contribution is 0.220. The zero-order chi connectivity index (χ0) is 15.4. The van der Waals surface area contributed by atoms with Crippen molar-refractivity contribution >= 4 is 11.7 Å². The minimum atomic E-state index is -0.273. The van der Waals surface area contributed by atoms with Crippen LogP contribution in [0.25, 0.3) is 0 Å². The van der Waals surface area contributed by atoms with E-state index in [4.69, 9.17) is 4.74 Å². The summed E-state index contributed by atoms with van der Waals surface area (Å²) in [6, 6.07) is 7.14. The molecule has 0 aliphatic heterocycles. The van der Waals surface area contributed by atoms with E-state index in [1.807, 2.05) is 38.1 Å². The Kier molecular flexibility index (Phi) is 5.03. The third-order valence-electron chi connectivity index (χ3n) is 2.78. The number of amides is 2. The average Bonchev–Trinajstić information content (AvgIpc) is 2.25. The normalized spacial score (nSPS) is 11.9. The van der Waals surface area contributed by atoms with Crippen LogP contribution in [0.5, 0.6) is 5.75 Å². The summed E-state index contributed by atoms with van der Waals surface area (Å²) in [6.07, 6.45) is 0.888. The molecule has 2 amide bonds. The Morgan fingerprint density at radius 2 is 1.75 bits per heavy atom. The first-order chi connectivity index (χ1) is 9.13. The van der Waals surface area contributed by atoms with Crippen molar-refractivity contribution < 1.29 is 9.53 Å². The van der Waals surface area contributed by atoms with Crippen LogP contribution < -0.4 is 15.4 Å².